The Hall–Kier alpha value is -2.86. The Kier molecular flexibility index (Phi) is 4.11. The fraction of sp³-hybridized carbons (Fsp3) is 0.158. The van der Waals surface area contributed by atoms with Gasteiger partial charge in [0.2, 0.25) is 0 Å². The predicted molar refractivity (Wildman–Crippen MR) is 99.7 cm³/mol. The minimum absolute atomic E-state index is 0.000184. The Morgan fingerprint density at radius 2 is 1.88 bits per heavy atom. The maximum atomic E-state index is 12.7. The molecule has 25 heavy (non-hydrogen) atoms. The Bertz CT molecular complexity index is 1050. The third kappa shape index (κ3) is 3.08. The van der Waals surface area contributed by atoms with Crippen LogP contribution in [0.2, 0.25) is 0 Å². The van der Waals surface area contributed by atoms with E-state index >= 15 is 0 Å². The minimum atomic E-state index is 0.000184. The van der Waals surface area contributed by atoms with Crippen molar-refractivity contribution in [2.24, 2.45) is 4.99 Å². The molecule has 126 valence electrons. The zero-order valence-corrected chi connectivity index (χ0v) is 14.6. The first-order valence-electron chi connectivity index (χ1n) is 7.94. The quantitative estimate of drug-likeness (QED) is 0.723. The topological polar surface area (TPSA) is 46.8 Å². The van der Waals surface area contributed by atoms with E-state index in [0.29, 0.717) is 17.9 Å². The first-order valence-corrected chi connectivity index (χ1v) is 8.76. The van der Waals surface area contributed by atoms with E-state index in [0.717, 1.165) is 21.8 Å². The second-order valence-corrected chi connectivity index (χ2v) is 6.73. The Morgan fingerprint density at radius 3 is 2.60 bits per heavy atom. The molecular formula is C19H17N3O2S. The second-order valence-electron chi connectivity index (χ2n) is 5.72. The van der Waals surface area contributed by atoms with Crippen LogP contribution in [0.25, 0.3) is 6.08 Å². The highest BCUT2D eigenvalue weighted by Crippen LogP contribution is 2.14. The number of thiazole rings is 1. The van der Waals surface area contributed by atoms with Crippen molar-refractivity contribution in [3.8, 4) is 5.75 Å². The second kappa shape index (κ2) is 6.57. The lowest BCUT2D eigenvalue weighted by molar-refractivity contribution is 0.415. The van der Waals surface area contributed by atoms with Crippen LogP contribution in [0.3, 0.4) is 0 Å². The van der Waals surface area contributed by atoms with Crippen LogP contribution >= 0.6 is 11.3 Å². The molecule has 0 fully saturated rings. The molecule has 0 spiro atoms. The predicted octanol–water partition coefficient (Wildman–Crippen LogP) is 1.80. The fourth-order valence-corrected chi connectivity index (χ4v) is 3.73. The lowest BCUT2D eigenvalue weighted by Crippen LogP contribution is -2.42. The van der Waals surface area contributed by atoms with E-state index in [1.165, 1.54) is 11.3 Å². The van der Waals surface area contributed by atoms with Gasteiger partial charge >= 0.3 is 0 Å². The molecule has 0 N–H and O–H groups in total. The number of rotatable bonds is 3. The normalized spacial score (nSPS) is 14.1. The summed E-state index contributed by atoms with van der Waals surface area (Å²) >= 11 is 1.43. The minimum Gasteiger partial charge on any atom is -0.497 e. The first kappa shape index (κ1) is 15.7. The SMILES string of the molecule is COc1ccc(C=c2sc3n(c2=O)CN(c2ccccc2)CN=3)cc1. The Morgan fingerprint density at radius 1 is 1.12 bits per heavy atom. The van der Waals surface area contributed by atoms with E-state index in [4.69, 9.17) is 4.74 Å². The molecule has 4 rings (SSSR count). The van der Waals surface area contributed by atoms with Crippen LogP contribution in [0.15, 0.2) is 64.4 Å². The van der Waals surface area contributed by atoms with Crippen LogP contribution in [0, 0.1) is 0 Å². The van der Waals surface area contributed by atoms with Crippen molar-refractivity contribution in [1.29, 1.82) is 0 Å². The molecular weight excluding hydrogens is 334 g/mol. The molecule has 1 aliphatic rings. The van der Waals surface area contributed by atoms with Crippen LogP contribution in [0.4, 0.5) is 5.69 Å². The molecule has 0 atom stereocenters. The van der Waals surface area contributed by atoms with Gasteiger partial charge in [0.1, 0.15) is 19.1 Å². The molecule has 1 aromatic heterocycles. The molecule has 0 unspecified atom stereocenters. The van der Waals surface area contributed by atoms with Crippen molar-refractivity contribution in [2.45, 2.75) is 6.67 Å². The highest BCUT2D eigenvalue weighted by Gasteiger charge is 2.15. The largest absolute Gasteiger partial charge is 0.497 e. The van der Waals surface area contributed by atoms with Gasteiger partial charge in [0, 0.05) is 5.69 Å². The number of methoxy groups -OCH3 is 1. The van der Waals surface area contributed by atoms with E-state index in [2.05, 4.69) is 9.89 Å². The average molecular weight is 351 g/mol. The van der Waals surface area contributed by atoms with E-state index in [-0.39, 0.29) is 5.56 Å². The summed E-state index contributed by atoms with van der Waals surface area (Å²) in [7, 11) is 1.64. The van der Waals surface area contributed by atoms with Crippen molar-refractivity contribution in [3.05, 3.63) is 79.8 Å². The summed E-state index contributed by atoms with van der Waals surface area (Å²) in [5, 5.41) is 0. The van der Waals surface area contributed by atoms with Gasteiger partial charge < -0.3 is 9.64 Å². The van der Waals surface area contributed by atoms with Crippen LogP contribution in [-0.4, -0.2) is 18.3 Å². The average Bonchev–Trinajstić information content (AvgIpc) is 2.98. The molecule has 1 aliphatic heterocycles. The highest BCUT2D eigenvalue weighted by atomic mass is 32.1. The zero-order chi connectivity index (χ0) is 17.2. The number of anilines is 1. The summed E-state index contributed by atoms with van der Waals surface area (Å²) in [5.74, 6) is 0.799. The number of benzene rings is 2. The zero-order valence-electron chi connectivity index (χ0n) is 13.8. The third-order valence-electron chi connectivity index (χ3n) is 4.11. The maximum Gasteiger partial charge on any atom is 0.271 e. The van der Waals surface area contributed by atoms with Crippen molar-refractivity contribution < 1.29 is 4.74 Å². The molecule has 0 radical (unpaired) electrons. The molecule has 0 saturated carbocycles. The summed E-state index contributed by atoms with van der Waals surface area (Å²) in [6.07, 6.45) is 1.90. The molecule has 0 bridgehead atoms. The lowest BCUT2D eigenvalue weighted by Gasteiger charge is -2.25. The van der Waals surface area contributed by atoms with Crippen molar-refractivity contribution >= 4 is 23.1 Å². The standard InChI is InChI=1S/C19H17N3O2S/c1-24-16-9-7-14(8-10-16)11-17-18(23)22-13-21(12-20-19(22)25-17)15-5-3-2-4-6-15/h2-11H,12-13H2,1H3. The van der Waals surface area contributed by atoms with Crippen LogP contribution in [0.1, 0.15) is 5.56 Å². The molecule has 0 saturated heterocycles. The maximum absolute atomic E-state index is 12.7. The van der Waals surface area contributed by atoms with E-state index in [1.54, 1.807) is 11.7 Å². The molecule has 5 nitrogen and oxygen atoms in total. The number of para-hydroxylation sites is 1. The van der Waals surface area contributed by atoms with Gasteiger partial charge in [-0.05, 0) is 35.9 Å². The first-order chi connectivity index (χ1) is 12.2. The Balaban J connectivity index is 1.69. The molecule has 2 aromatic carbocycles. The summed E-state index contributed by atoms with van der Waals surface area (Å²) < 4.78 is 7.59. The van der Waals surface area contributed by atoms with Gasteiger partial charge in [-0.15, -0.1) is 0 Å². The van der Waals surface area contributed by atoms with Gasteiger partial charge in [-0.1, -0.05) is 41.7 Å². The number of hydrogen-bond donors (Lipinski definition) is 0. The number of hydrogen-bond acceptors (Lipinski definition) is 5. The van der Waals surface area contributed by atoms with Gasteiger partial charge in [-0.3, -0.25) is 9.36 Å². The monoisotopic (exact) mass is 351 g/mol. The number of nitrogens with zero attached hydrogens (tertiary/aromatic N) is 3. The molecule has 2 heterocycles. The van der Waals surface area contributed by atoms with Gasteiger partial charge in [0.25, 0.3) is 5.56 Å². The fourth-order valence-electron chi connectivity index (χ4n) is 2.77. The third-order valence-corrected chi connectivity index (χ3v) is 5.16. The highest BCUT2D eigenvalue weighted by molar-refractivity contribution is 7.07. The van der Waals surface area contributed by atoms with Gasteiger partial charge in [-0.25, -0.2) is 4.99 Å². The number of ether oxygens (including phenoxy) is 1. The summed E-state index contributed by atoms with van der Waals surface area (Å²) in [5.41, 5.74) is 2.04. The van der Waals surface area contributed by atoms with Crippen molar-refractivity contribution in [2.75, 3.05) is 18.7 Å². The smallest absolute Gasteiger partial charge is 0.271 e. The van der Waals surface area contributed by atoms with Crippen LogP contribution in [0.5, 0.6) is 5.75 Å². The number of fused-ring (bicyclic) bond motifs is 1. The summed E-state index contributed by atoms with van der Waals surface area (Å²) in [4.78, 5) is 20.2. The van der Waals surface area contributed by atoms with E-state index in [1.807, 2.05) is 60.7 Å². The van der Waals surface area contributed by atoms with Crippen molar-refractivity contribution in [3.63, 3.8) is 0 Å². The molecule has 6 heteroatoms. The van der Waals surface area contributed by atoms with Gasteiger partial charge in [0.05, 0.1) is 11.6 Å². The van der Waals surface area contributed by atoms with Crippen molar-refractivity contribution in [1.82, 2.24) is 4.57 Å². The molecule has 0 aliphatic carbocycles. The van der Waals surface area contributed by atoms with Crippen LogP contribution < -0.4 is 24.5 Å². The summed E-state index contributed by atoms with van der Waals surface area (Å²) in [6, 6.07) is 17.7. The molecule has 3 aromatic rings. The molecule has 0 amide bonds. The summed E-state index contributed by atoms with van der Waals surface area (Å²) in [6.45, 7) is 1.08. The van der Waals surface area contributed by atoms with Gasteiger partial charge in [0.15, 0.2) is 4.80 Å². The van der Waals surface area contributed by atoms with Crippen LogP contribution in [-0.2, 0) is 6.67 Å². The van der Waals surface area contributed by atoms with Gasteiger partial charge in [-0.2, -0.15) is 0 Å². The van der Waals surface area contributed by atoms with E-state index in [9.17, 15) is 4.79 Å². The number of aromatic nitrogens is 1. The van der Waals surface area contributed by atoms with E-state index < -0.39 is 0 Å². The Labute approximate surface area is 148 Å². The lowest BCUT2D eigenvalue weighted by atomic mass is 10.2.